The van der Waals surface area contributed by atoms with E-state index >= 15 is 0 Å². The van der Waals surface area contributed by atoms with Gasteiger partial charge in [-0.05, 0) is 31.5 Å². The fourth-order valence-corrected chi connectivity index (χ4v) is 2.88. The van der Waals surface area contributed by atoms with Crippen LogP contribution in [0.25, 0.3) is 10.2 Å². The van der Waals surface area contributed by atoms with Crippen LogP contribution in [0.2, 0.25) is 0 Å². The van der Waals surface area contributed by atoms with E-state index in [1.807, 2.05) is 0 Å². The summed E-state index contributed by atoms with van der Waals surface area (Å²) >= 11 is 0.800. The van der Waals surface area contributed by atoms with E-state index in [2.05, 4.69) is 10.3 Å². The number of carbonyl (C=O) groups excluding carboxylic acids is 1. The first-order chi connectivity index (χ1) is 10.1. The molecule has 0 aliphatic heterocycles. The van der Waals surface area contributed by atoms with Crippen LogP contribution in [0.15, 0.2) is 12.1 Å². The molecule has 2 aromatic heterocycles. The molecule has 0 saturated heterocycles. The van der Waals surface area contributed by atoms with Gasteiger partial charge in [0.25, 0.3) is 5.91 Å². The van der Waals surface area contributed by atoms with Gasteiger partial charge in [-0.1, -0.05) is 0 Å². The minimum atomic E-state index is -4.56. The molecule has 2 rings (SSSR count). The number of rotatable bonds is 3. The Balaban J connectivity index is 2.42. The highest BCUT2D eigenvalue weighted by atomic mass is 32.1. The molecule has 0 bridgehead atoms. The molecule has 0 aliphatic rings. The van der Waals surface area contributed by atoms with Gasteiger partial charge >= 0.3 is 12.1 Å². The lowest BCUT2D eigenvalue weighted by Crippen LogP contribution is -2.38. The summed E-state index contributed by atoms with van der Waals surface area (Å²) < 4.78 is 37.9. The number of aliphatic carboxylic acids is 1. The summed E-state index contributed by atoms with van der Waals surface area (Å²) in [4.78, 5) is 26.5. The maximum Gasteiger partial charge on any atom is 0.433 e. The first kappa shape index (κ1) is 16.2. The van der Waals surface area contributed by atoms with Crippen LogP contribution in [0.1, 0.15) is 27.9 Å². The van der Waals surface area contributed by atoms with E-state index in [4.69, 9.17) is 5.11 Å². The second-order valence-electron chi connectivity index (χ2n) is 4.64. The third-order valence-electron chi connectivity index (χ3n) is 3.02. The molecule has 22 heavy (non-hydrogen) atoms. The number of nitrogens with one attached hydrogen (secondary N) is 1. The Labute approximate surface area is 126 Å². The van der Waals surface area contributed by atoms with E-state index in [-0.39, 0.29) is 9.71 Å². The normalized spacial score (nSPS) is 13.1. The van der Waals surface area contributed by atoms with Crippen LogP contribution in [0, 0.1) is 6.92 Å². The van der Waals surface area contributed by atoms with Crippen LogP contribution in [-0.2, 0) is 11.0 Å². The summed E-state index contributed by atoms with van der Waals surface area (Å²) in [6, 6.07) is 1.01. The highest BCUT2D eigenvalue weighted by Crippen LogP contribution is 2.34. The molecular weight excluding hydrogens is 321 g/mol. The number of aryl methyl sites for hydroxylation is 1. The van der Waals surface area contributed by atoms with Crippen molar-refractivity contribution < 1.29 is 27.9 Å². The minimum Gasteiger partial charge on any atom is -0.480 e. The molecular formula is C13H11F3N2O3S. The van der Waals surface area contributed by atoms with Gasteiger partial charge in [0.2, 0.25) is 0 Å². The SMILES string of the molecule is Cc1c(C(=O)N[C@H](C)C(=O)O)sc2nc(C(F)(F)F)ccc12. The molecule has 2 N–H and O–H groups in total. The van der Waals surface area contributed by atoms with E-state index in [9.17, 15) is 22.8 Å². The van der Waals surface area contributed by atoms with Crippen molar-refractivity contribution in [2.24, 2.45) is 0 Å². The smallest absolute Gasteiger partial charge is 0.433 e. The van der Waals surface area contributed by atoms with Gasteiger partial charge in [0, 0.05) is 5.39 Å². The van der Waals surface area contributed by atoms with Gasteiger partial charge in [-0.25, -0.2) is 4.98 Å². The van der Waals surface area contributed by atoms with Gasteiger partial charge in [0.15, 0.2) is 0 Å². The Morgan fingerprint density at radius 2 is 2.00 bits per heavy atom. The molecule has 2 aromatic rings. The van der Waals surface area contributed by atoms with Crippen molar-refractivity contribution in [2.45, 2.75) is 26.1 Å². The zero-order valence-corrected chi connectivity index (χ0v) is 12.3. The summed E-state index contributed by atoms with van der Waals surface area (Å²) in [6.45, 7) is 2.87. The van der Waals surface area contributed by atoms with Gasteiger partial charge in [0.1, 0.15) is 16.6 Å². The highest BCUT2D eigenvalue weighted by molar-refractivity contribution is 7.20. The van der Waals surface area contributed by atoms with Gasteiger partial charge in [-0.2, -0.15) is 13.2 Å². The molecule has 2 heterocycles. The molecule has 0 fully saturated rings. The van der Waals surface area contributed by atoms with Crippen LogP contribution in [0.5, 0.6) is 0 Å². The Kier molecular flexibility index (Phi) is 4.10. The second kappa shape index (κ2) is 5.56. The fraction of sp³-hybridized carbons (Fsp3) is 0.308. The number of alkyl halides is 3. The first-order valence-corrected chi connectivity index (χ1v) is 6.94. The third-order valence-corrected chi connectivity index (χ3v) is 4.22. The lowest BCUT2D eigenvalue weighted by atomic mass is 10.1. The summed E-state index contributed by atoms with van der Waals surface area (Å²) in [5.41, 5.74) is -0.566. The lowest BCUT2D eigenvalue weighted by molar-refractivity contribution is -0.141. The minimum absolute atomic E-state index is 0.0838. The van der Waals surface area contributed by atoms with Crippen molar-refractivity contribution in [3.63, 3.8) is 0 Å². The number of fused-ring (bicyclic) bond motifs is 1. The molecule has 0 aromatic carbocycles. The average molecular weight is 332 g/mol. The predicted molar refractivity (Wildman–Crippen MR) is 73.9 cm³/mol. The number of carboxylic acid groups (broad SMARTS) is 1. The summed E-state index contributed by atoms with van der Waals surface area (Å²) in [5.74, 6) is -1.85. The van der Waals surface area contributed by atoms with Crippen LogP contribution >= 0.6 is 11.3 Å². The molecule has 5 nitrogen and oxygen atoms in total. The Bertz CT molecular complexity index is 755. The number of hydrogen-bond acceptors (Lipinski definition) is 4. The van der Waals surface area contributed by atoms with Crippen molar-refractivity contribution in [3.8, 4) is 0 Å². The molecule has 0 spiro atoms. The van der Waals surface area contributed by atoms with Gasteiger partial charge in [0.05, 0.1) is 4.88 Å². The third kappa shape index (κ3) is 3.03. The van der Waals surface area contributed by atoms with Crippen LogP contribution in [-0.4, -0.2) is 28.0 Å². The van der Waals surface area contributed by atoms with Crippen molar-refractivity contribution in [1.82, 2.24) is 10.3 Å². The van der Waals surface area contributed by atoms with E-state index < -0.39 is 29.8 Å². The number of carbonyl (C=O) groups is 2. The second-order valence-corrected chi connectivity index (χ2v) is 5.64. The van der Waals surface area contributed by atoms with Crippen molar-refractivity contribution in [1.29, 1.82) is 0 Å². The molecule has 118 valence electrons. The zero-order valence-electron chi connectivity index (χ0n) is 11.5. The Morgan fingerprint density at radius 3 is 2.55 bits per heavy atom. The summed E-state index contributed by atoms with van der Waals surface area (Å²) in [5, 5.41) is 11.5. The number of hydrogen-bond donors (Lipinski definition) is 2. The lowest BCUT2D eigenvalue weighted by Gasteiger charge is -2.08. The molecule has 0 aliphatic carbocycles. The number of halogens is 3. The Morgan fingerprint density at radius 1 is 1.36 bits per heavy atom. The molecule has 0 saturated carbocycles. The average Bonchev–Trinajstić information content (AvgIpc) is 2.74. The summed E-state index contributed by atoms with van der Waals surface area (Å²) in [6.07, 6.45) is -4.56. The van der Waals surface area contributed by atoms with Crippen molar-refractivity contribution in [2.75, 3.05) is 0 Å². The number of amides is 1. The molecule has 1 amide bonds. The molecule has 1 atom stereocenters. The van der Waals surface area contributed by atoms with Gasteiger partial charge in [-0.3, -0.25) is 9.59 Å². The standard InChI is InChI=1S/C13H11F3N2O3S/c1-5-7-3-4-8(13(14,15)16)18-11(7)22-9(5)10(19)17-6(2)12(20)21/h3-4,6H,1-2H3,(H,17,19)(H,20,21)/t6-/m1/s1. The van der Waals surface area contributed by atoms with Crippen molar-refractivity contribution >= 4 is 33.4 Å². The largest absolute Gasteiger partial charge is 0.480 e. The molecule has 0 radical (unpaired) electrons. The molecule has 9 heteroatoms. The summed E-state index contributed by atoms with van der Waals surface area (Å²) in [7, 11) is 0. The number of aromatic nitrogens is 1. The van der Waals surface area contributed by atoms with E-state index in [0.29, 0.717) is 10.9 Å². The van der Waals surface area contributed by atoms with Crippen molar-refractivity contribution in [3.05, 3.63) is 28.3 Å². The van der Waals surface area contributed by atoms with E-state index in [0.717, 1.165) is 17.4 Å². The highest BCUT2D eigenvalue weighted by Gasteiger charge is 2.33. The number of pyridine rings is 1. The van der Waals surface area contributed by atoms with Gasteiger partial charge in [-0.15, -0.1) is 11.3 Å². The van der Waals surface area contributed by atoms with Gasteiger partial charge < -0.3 is 10.4 Å². The van der Waals surface area contributed by atoms with Crippen LogP contribution < -0.4 is 5.32 Å². The number of nitrogens with zero attached hydrogens (tertiary/aromatic N) is 1. The van der Waals surface area contributed by atoms with E-state index in [1.165, 1.54) is 13.0 Å². The number of thiophene rings is 1. The molecule has 0 unspecified atom stereocenters. The maximum absolute atomic E-state index is 12.6. The first-order valence-electron chi connectivity index (χ1n) is 6.12. The predicted octanol–water partition coefficient (Wildman–Crippen LogP) is 2.83. The topological polar surface area (TPSA) is 79.3 Å². The maximum atomic E-state index is 12.6. The van der Waals surface area contributed by atoms with Crippen LogP contribution in [0.4, 0.5) is 13.2 Å². The Hall–Kier alpha value is -2.16. The van der Waals surface area contributed by atoms with Crippen LogP contribution in [0.3, 0.4) is 0 Å². The number of carboxylic acids is 1. The monoisotopic (exact) mass is 332 g/mol. The van der Waals surface area contributed by atoms with E-state index in [1.54, 1.807) is 6.92 Å². The fourth-order valence-electron chi connectivity index (χ4n) is 1.80. The zero-order chi connectivity index (χ0) is 16.7. The quantitative estimate of drug-likeness (QED) is 0.906.